The number of Topliss-reactive ketones (excluding diaryl/α,β-unsaturated/α-hetero) is 1. The van der Waals surface area contributed by atoms with Crippen LogP contribution < -0.4 is 0 Å². The van der Waals surface area contributed by atoms with Crippen LogP contribution in [0.5, 0.6) is 5.75 Å². The fourth-order valence-electron chi connectivity index (χ4n) is 5.95. The lowest BCUT2D eigenvalue weighted by Gasteiger charge is -2.42. The summed E-state index contributed by atoms with van der Waals surface area (Å²) in [5.41, 5.74) is 3.24. The largest absolute Gasteiger partial charge is 0.508 e. The van der Waals surface area contributed by atoms with Crippen LogP contribution in [0.3, 0.4) is 0 Å². The Labute approximate surface area is 200 Å². The zero-order chi connectivity index (χ0) is 23.6. The van der Waals surface area contributed by atoms with Crippen LogP contribution in [0.15, 0.2) is 51.6 Å². The molecule has 1 saturated heterocycles. The lowest BCUT2D eigenvalue weighted by Crippen LogP contribution is -2.39. The molecular weight excluding hydrogens is 486 g/mol. The molecule has 0 saturated carbocycles. The summed E-state index contributed by atoms with van der Waals surface area (Å²) >= 11 is 3.23. The van der Waals surface area contributed by atoms with Crippen molar-refractivity contribution >= 4 is 39.3 Å². The summed E-state index contributed by atoms with van der Waals surface area (Å²) in [6.45, 7) is 4.11. The number of aromatic hydroxyl groups is 1. The Hall–Kier alpha value is -2.80. The quantitative estimate of drug-likeness (QED) is 0.379. The number of likely N-dealkylation sites (tertiary alicyclic amines) is 1. The van der Waals surface area contributed by atoms with Crippen molar-refractivity contribution in [2.75, 3.05) is 6.54 Å². The molecule has 1 heterocycles. The van der Waals surface area contributed by atoms with Crippen LogP contribution in [0, 0.1) is 24.7 Å². The van der Waals surface area contributed by atoms with E-state index in [1.165, 1.54) is 11.0 Å². The van der Waals surface area contributed by atoms with Gasteiger partial charge in [-0.05, 0) is 65.2 Å². The van der Waals surface area contributed by atoms with Crippen molar-refractivity contribution in [2.45, 2.75) is 39.0 Å². The van der Waals surface area contributed by atoms with Crippen LogP contribution in [0.2, 0.25) is 0 Å². The molecule has 0 unspecified atom stereocenters. The van der Waals surface area contributed by atoms with Crippen molar-refractivity contribution in [1.82, 2.24) is 4.90 Å². The monoisotopic (exact) mass is 509 g/mol. The maximum atomic E-state index is 13.4. The Kier molecular flexibility index (Phi) is 5.27. The first-order valence-electron chi connectivity index (χ1n) is 11.3. The molecule has 2 amide bonds. The van der Waals surface area contributed by atoms with Gasteiger partial charge in [-0.25, -0.2) is 0 Å². The van der Waals surface area contributed by atoms with Crippen LogP contribution in [-0.2, 0) is 19.2 Å². The van der Waals surface area contributed by atoms with E-state index in [1.54, 1.807) is 19.1 Å². The third-order valence-electron chi connectivity index (χ3n) is 7.42. The van der Waals surface area contributed by atoms with Crippen molar-refractivity contribution in [2.24, 2.45) is 17.8 Å². The minimum absolute atomic E-state index is 0.133. The molecule has 1 aromatic carbocycles. The molecule has 4 atom stereocenters. The molecule has 4 aliphatic rings. The van der Waals surface area contributed by atoms with Gasteiger partial charge in [0.15, 0.2) is 11.6 Å². The summed E-state index contributed by atoms with van der Waals surface area (Å²) < 4.78 is 0.216. The van der Waals surface area contributed by atoms with Gasteiger partial charge < -0.3 is 5.11 Å². The van der Waals surface area contributed by atoms with E-state index in [9.17, 15) is 24.3 Å². The second-order valence-electron chi connectivity index (χ2n) is 9.27. The first-order chi connectivity index (χ1) is 15.7. The van der Waals surface area contributed by atoms with Crippen molar-refractivity contribution in [3.8, 4) is 5.75 Å². The second kappa shape index (κ2) is 7.90. The van der Waals surface area contributed by atoms with E-state index in [0.717, 1.165) is 11.1 Å². The van der Waals surface area contributed by atoms with Gasteiger partial charge in [0.2, 0.25) is 11.8 Å². The van der Waals surface area contributed by atoms with Gasteiger partial charge in [-0.2, -0.15) is 0 Å². The SMILES string of the molecule is CCCN1C(=O)[C@H]2[C@H](CC=C3[C@H](c4ccc(O)c(C)c4)C4=C(C[C@H]32)C(=O)C(Br)=CC4=O)C1=O. The molecule has 3 aliphatic carbocycles. The lowest BCUT2D eigenvalue weighted by molar-refractivity contribution is -0.140. The van der Waals surface area contributed by atoms with Gasteiger partial charge in [0.05, 0.1) is 16.3 Å². The number of halogens is 1. The van der Waals surface area contributed by atoms with E-state index < -0.39 is 17.8 Å². The Morgan fingerprint density at radius 3 is 2.58 bits per heavy atom. The highest BCUT2D eigenvalue weighted by Gasteiger charge is 2.56. The smallest absolute Gasteiger partial charge is 0.233 e. The number of carbonyl (C=O) groups excluding carboxylic acids is 4. The molecule has 170 valence electrons. The molecule has 0 aromatic heterocycles. The summed E-state index contributed by atoms with van der Waals surface area (Å²) in [5.74, 6) is -2.38. The van der Waals surface area contributed by atoms with E-state index in [2.05, 4.69) is 15.9 Å². The second-order valence-corrected chi connectivity index (χ2v) is 10.1. The number of benzene rings is 1. The molecular formula is C26H24BrNO5. The Bertz CT molecular complexity index is 1220. The Morgan fingerprint density at radius 2 is 1.88 bits per heavy atom. The molecule has 33 heavy (non-hydrogen) atoms. The molecule has 1 aromatic rings. The van der Waals surface area contributed by atoms with Gasteiger partial charge in [-0.15, -0.1) is 0 Å². The Balaban J connectivity index is 1.68. The molecule has 0 bridgehead atoms. The molecule has 7 heteroatoms. The lowest BCUT2D eigenvalue weighted by atomic mass is 9.59. The van der Waals surface area contributed by atoms with Gasteiger partial charge >= 0.3 is 0 Å². The molecule has 5 rings (SSSR count). The molecule has 1 N–H and O–H groups in total. The van der Waals surface area contributed by atoms with E-state index in [1.807, 2.05) is 19.1 Å². The normalized spacial score (nSPS) is 29.0. The van der Waals surface area contributed by atoms with Gasteiger partial charge in [0, 0.05) is 29.7 Å². The van der Waals surface area contributed by atoms with Crippen LogP contribution in [0.1, 0.15) is 43.2 Å². The molecule has 0 spiro atoms. The number of carbonyl (C=O) groups is 4. The van der Waals surface area contributed by atoms with Crippen LogP contribution >= 0.6 is 15.9 Å². The highest BCUT2D eigenvalue weighted by molar-refractivity contribution is 9.12. The van der Waals surface area contributed by atoms with Crippen LogP contribution in [-0.4, -0.2) is 39.9 Å². The van der Waals surface area contributed by atoms with E-state index in [-0.39, 0.29) is 46.0 Å². The average molecular weight is 510 g/mol. The number of amides is 2. The fraction of sp³-hybridized carbons (Fsp3) is 0.385. The van der Waals surface area contributed by atoms with Crippen molar-refractivity contribution in [3.05, 3.63) is 62.7 Å². The van der Waals surface area contributed by atoms with Crippen molar-refractivity contribution in [3.63, 3.8) is 0 Å². The van der Waals surface area contributed by atoms with Crippen molar-refractivity contribution < 1.29 is 24.3 Å². The van der Waals surface area contributed by atoms with E-state index in [4.69, 9.17) is 0 Å². The Morgan fingerprint density at radius 1 is 1.12 bits per heavy atom. The highest BCUT2D eigenvalue weighted by atomic mass is 79.9. The molecule has 1 aliphatic heterocycles. The summed E-state index contributed by atoms with van der Waals surface area (Å²) in [5, 5.41) is 10.1. The van der Waals surface area contributed by atoms with Crippen LogP contribution in [0.4, 0.5) is 0 Å². The predicted molar refractivity (Wildman–Crippen MR) is 124 cm³/mol. The van der Waals surface area contributed by atoms with Crippen molar-refractivity contribution in [1.29, 1.82) is 0 Å². The maximum absolute atomic E-state index is 13.4. The number of imide groups is 1. The number of hydrogen-bond acceptors (Lipinski definition) is 5. The van der Waals surface area contributed by atoms with Gasteiger partial charge in [0.25, 0.3) is 0 Å². The number of nitrogens with zero attached hydrogens (tertiary/aromatic N) is 1. The van der Waals surface area contributed by atoms with E-state index in [0.29, 0.717) is 36.1 Å². The number of allylic oxidation sites excluding steroid dienone is 6. The number of rotatable bonds is 3. The first kappa shape index (κ1) is 22.0. The number of phenols is 1. The molecule has 0 radical (unpaired) electrons. The highest BCUT2D eigenvalue weighted by Crippen LogP contribution is 2.55. The standard InChI is InChI=1S/C26H24BrNO5/c1-3-8-28-25(32)15-6-5-14-16(22(15)26(28)33)10-17-23(20(30)11-18(27)24(17)31)21(14)13-4-7-19(29)12(2)9-13/h4-5,7,9,11,15-16,21-22,29H,3,6,8,10H2,1-2H3/t15-,16+,21-,22-/m0/s1. The zero-order valence-corrected chi connectivity index (χ0v) is 20.0. The average Bonchev–Trinajstić information content (AvgIpc) is 3.03. The number of fused-ring (bicyclic) bond motifs is 3. The third kappa shape index (κ3) is 3.20. The topological polar surface area (TPSA) is 91.8 Å². The number of aryl methyl sites for hydroxylation is 1. The molecule has 6 nitrogen and oxygen atoms in total. The maximum Gasteiger partial charge on any atom is 0.233 e. The number of phenolic OH excluding ortho intramolecular Hbond substituents is 1. The minimum Gasteiger partial charge on any atom is -0.508 e. The summed E-state index contributed by atoms with van der Waals surface area (Å²) in [6.07, 6.45) is 4.73. The van der Waals surface area contributed by atoms with Crippen LogP contribution in [0.25, 0.3) is 0 Å². The zero-order valence-electron chi connectivity index (χ0n) is 18.4. The first-order valence-corrected chi connectivity index (χ1v) is 12.1. The van der Waals surface area contributed by atoms with Gasteiger partial charge in [-0.1, -0.05) is 30.7 Å². The fourth-order valence-corrected chi connectivity index (χ4v) is 6.40. The number of ketones is 2. The third-order valence-corrected chi connectivity index (χ3v) is 8.01. The predicted octanol–water partition coefficient (Wildman–Crippen LogP) is 3.87. The van der Waals surface area contributed by atoms with E-state index >= 15 is 0 Å². The molecule has 1 fully saturated rings. The minimum atomic E-state index is -0.522. The van der Waals surface area contributed by atoms with Gasteiger partial charge in [-0.3, -0.25) is 24.1 Å². The summed E-state index contributed by atoms with van der Waals surface area (Å²) in [4.78, 5) is 54.0. The number of hydrogen-bond donors (Lipinski definition) is 1. The summed E-state index contributed by atoms with van der Waals surface area (Å²) in [6, 6.07) is 5.19. The van der Waals surface area contributed by atoms with Gasteiger partial charge in [0.1, 0.15) is 5.75 Å². The summed E-state index contributed by atoms with van der Waals surface area (Å²) in [7, 11) is 0.